The normalized spacial score (nSPS) is 10.1. The van der Waals surface area contributed by atoms with Crippen LogP contribution < -0.4 is 10.1 Å². The summed E-state index contributed by atoms with van der Waals surface area (Å²) in [6.07, 6.45) is 0.949. The Balaban J connectivity index is 1.83. The van der Waals surface area contributed by atoms with Crippen molar-refractivity contribution in [2.24, 2.45) is 0 Å². The lowest BCUT2D eigenvalue weighted by molar-refractivity contribution is 0.412. The van der Waals surface area contributed by atoms with Crippen LogP contribution in [0.4, 0.5) is 0 Å². The van der Waals surface area contributed by atoms with E-state index in [2.05, 4.69) is 11.4 Å². The van der Waals surface area contributed by atoms with Gasteiger partial charge in [0, 0.05) is 11.6 Å². The lowest BCUT2D eigenvalue weighted by Crippen LogP contribution is -2.16. The number of benzene rings is 2. The van der Waals surface area contributed by atoms with Crippen molar-refractivity contribution in [3.63, 3.8) is 0 Å². The van der Waals surface area contributed by atoms with Crippen molar-refractivity contribution in [2.45, 2.75) is 13.0 Å². The van der Waals surface area contributed by atoms with Crippen LogP contribution in [0.15, 0.2) is 42.5 Å². The van der Waals surface area contributed by atoms with Crippen LogP contribution in [0.2, 0.25) is 5.02 Å². The highest BCUT2D eigenvalue weighted by Gasteiger charge is 2.03. The molecule has 4 heteroatoms. The first-order chi connectivity index (χ1) is 10.2. The molecule has 0 saturated heterocycles. The minimum atomic E-state index is 0.558. The van der Waals surface area contributed by atoms with Crippen molar-refractivity contribution in [3.8, 4) is 11.8 Å². The summed E-state index contributed by atoms with van der Waals surface area (Å²) in [4.78, 5) is 0. The predicted molar refractivity (Wildman–Crippen MR) is 84.6 cm³/mol. The average molecular weight is 301 g/mol. The summed E-state index contributed by atoms with van der Waals surface area (Å²) in [6.45, 7) is 1.62. The van der Waals surface area contributed by atoms with Gasteiger partial charge >= 0.3 is 0 Å². The van der Waals surface area contributed by atoms with Gasteiger partial charge in [-0.05, 0) is 48.4 Å². The molecule has 0 spiro atoms. The molecule has 0 aliphatic rings. The topological polar surface area (TPSA) is 45.0 Å². The van der Waals surface area contributed by atoms with Crippen molar-refractivity contribution < 1.29 is 4.74 Å². The van der Waals surface area contributed by atoms with E-state index >= 15 is 0 Å². The van der Waals surface area contributed by atoms with Crippen LogP contribution in [0.1, 0.15) is 16.7 Å². The van der Waals surface area contributed by atoms with Crippen LogP contribution in [0.3, 0.4) is 0 Å². The average Bonchev–Trinajstić information content (AvgIpc) is 2.53. The zero-order valence-electron chi connectivity index (χ0n) is 11.9. The van der Waals surface area contributed by atoms with Gasteiger partial charge in [0.2, 0.25) is 0 Å². The first-order valence-electron chi connectivity index (χ1n) is 6.75. The number of nitrogens with one attached hydrogen (secondary N) is 1. The lowest BCUT2D eigenvalue weighted by Gasteiger charge is -2.08. The number of ether oxygens (including phenoxy) is 1. The SMILES string of the molecule is COc1cc(CNCCc2ccc(Cl)cc2)ccc1C#N. The molecular weight excluding hydrogens is 284 g/mol. The van der Waals surface area contributed by atoms with Crippen molar-refractivity contribution in [3.05, 3.63) is 64.2 Å². The summed E-state index contributed by atoms with van der Waals surface area (Å²) in [5.41, 5.74) is 2.91. The van der Waals surface area contributed by atoms with E-state index in [0.29, 0.717) is 11.3 Å². The van der Waals surface area contributed by atoms with Crippen LogP contribution in [-0.4, -0.2) is 13.7 Å². The van der Waals surface area contributed by atoms with Crippen molar-refractivity contribution >= 4 is 11.6 Å². The highest BCUT2D eigenvalue weighted by atomic mass is 35.5. The molecule has 0 aliphatic heterocycles. The van der Waals surface area contributed by atoms with Crippen LogP contribution in [0.5, 0.6) is 5.75 Å². The second kappa shape index (κ2) is 7.68. The third kappa shape index (κ3) is 4.49. The largest absolute Gasteiger partial charge is 0.495 e. The van der Waals surface area contributed by atoms with Crippen LogP contribution in [0, 0.1) is 11.3 Å². The van der Waals surface area contributed by atoms with E-state index < -0.39 is 0 Å². The molecular formula is C17H17ClN2O. The fourth-order valence-corrected chi connectivity index (χ4v) is 2.18. The third-order valence-electron chi connectivity index (χ3n) is 3.22. The van der Waals surface area contributed by atoms with Crippen molar-refractivity contribution in [1.29, 1.82) is 5.26 Å². The van der Waals surface area contributed by atoms with E-state index in [9.17, 15) is 0 Å². The standard InChI is InChI=1S/C17H17ClN2O/c1-21-17-10-14(2-5-15(17)11-19)12-20-9-8-13-3-6-16(18)7-4-13/h2-7,10,20H,8-9,12H2,1H3. The molecule has 0 bridgehead atoms. The van der Waals surface area contributed by atoms with E-state index in [0.717, 1.165) is 30.1 Å². The van der Waals surface area contributed by atoms with Gasteiger partial charge in [0.05, 0.1) is 12.7 Å². The van der Waals surface area contributed by atoms with Crippen LogP contribution in [0.25, 0.3) is 0 Å². The van der Waals surface area contributed by atoms with Gasteiger partial charge < -0.3 is 10.1 Å². The summed E-state index contributed by atoms with van der Waals surface area (Å²) >= 11 is 5.86. The fourth-order valence-electron chi connectivity index (χ4n) is 2.05. The number of halogens is 1. The Kier molecular flexibility index (Phi) is 5.62. The molecule has 0 saturated carbocycles. The Labute approximate surface area is 130 Å². The maximum atomic E-state index is 8.95. The Morgan fingerprint density at radius 2 is 1.86 bits per heavy atom. The zero-order valence-corrected chi connectivity index (χ0v) is 12.7. The molecule has 0 unspecified atom stereocenters. The minimum absolute atomic E-state index is 0.558. The molecule has 0 aliphatic carbocycles. The van der Waals surface area contributed by atoms with Gasteiger partial charge in [0.1, 0.15) is 11.8 Å². The first-order valence-corrected chi connectivity index (χ1v) is 7.13. The second-order valence-electron chi connectivity index (χ2n) is 4.70. The molecule has 0 amide bonds. The Morgan fingerprint density at radius 3 is 2.52 bits per heavy atom. The molecule has 0 fully saturated rings. The molecule has 0 radical (unpaired) electrons. The highest BCUT2D eigenvalue weighted by Crippen LogP contribution is 2.19. The van der Waals surface area contributed by atoms with Crippen LogP contribution in [-0.2, 0) is 13.0 Å². The number of rotatable bonds is 6. The number of nitrogens with zero attached hydrogens (tertiary/aromatic N) is 1. The van der Waals surface area contributed by atoms with E-state index in [-0.39, 0.29) is 0 Å². The second-order valence-corrected chi connectivity index (χ2v) is 5.14. The van der Waals surface area contributed by atoms with Gasteiger partial charge in [-0.2, -0.15) is 5.26 Å². The summed E-state index contributed by atoms with van der Waals surface area (Å²) in [5.74, 6) is 0.620. The molecule has 0 aromatic heterocycles. The number of methoxy groups -OCH3 is 1. The molecule has 1 N–H and O–H groups in total. The van der Waals surface area contributed by atoms with Gasteiger partial charge in [-0.1, -0.05) is 29.8 Å². The van der Waals surface area contributed by atoms with Crippen LogP contribution >= 0.6 is 11.6 Å². The van der Waals surface area contributed by atoms with Gasteiger partial charge in [0.25, 0.3) is 0 Å². The molecule has 21 heavy (non-hydrogen) atoms. The molecule has 2 rings (SSSR count). The number of hydrogen-bond donors (Lipinski definition) is 1. The monoisotopic (exact) mass is 300 g/mol. The van der Waals surface area contributed by atoms with E-state index in [1.165, 1.54) is 5.56 Å². The summed E-state index contributed by atoms with van der Waals surface area (Å²) in [7, 11) is 1.58. The van der Waals surface area contributed by atoms with E-state index in [4.69, 9.17) is 21.6 Å². The Morgan fingerprint density at radius 1 is 1.14 bits per heavy atom. The van der Waals surface area contributed by atoms with Gasteiger partial charge in [-0.25, -0.2) is 0 Å². The number of nitriles is 1. The first kappa shape index (κ1) is 15.4. The predicted octanol–water partition coefficient (Wildman–Crippen LogP) is 3.55. The quantitative estimate of drug-likeness (QED) is 0.830. The summed E-state index contributed by atoms with van der Waals surface area (Å²) in [5, 5.41) is 13.1. The zero-order chi connectivity index (χ0) is 15.1. The van der Waals surface area contributed by atoms with E-state index in [1.807, 2.05) is 36.4 Å². The molecule has 108 valence electrons. The maximum absolute atomic E-state index is 8.95. The van der Waals surface area contributed by atoms with E-state index in [1.54, 1.807) is 13.2 Å². The summed E-state index contributed by atoms with van der Waals surface area (Å²) in [6, 6.07) is 15.6. The molecule has 0 heterocycles. The third-order valence-corrected chi connectivity index (χ3v) is 3.47. The molecule has 0 atom stereocenters. The maximum Gasteiger partial charge on any atom is 0.136 e. The molecule has 2 aromatic rings. The fraction of sp³-hybridized carbons (Fsp3) is 0.235. The lowest BCUT2D eigenvalue weighted by atomic mass is 10.1. The molecule has 3 nitrogen and oxygen atoms in total. The number of hydrogen-bond acceptors (Lipinski definition) is 3. The van der Waals surface area contributed by atoms with Gasteiger partial charge in [0.15, 0.2) is 0 Å². The summed E-state index contributed by atoms with van der Waals surface area (Å²) < 4.78 is 5.20. The minimum Gasteiger partial charge on any atom is -0.495 e. The van der Waals surface area contributed by atoms with Crippen molar-refractivity contribution in [2.75, 3.05) is 13.7 Å². The smallest absolute Gasteiger partial charge is 0.136 e. The van der Waals surface area contributed by atoms with Crippen molar-refractivity contribution in [1.82, 2.24) is 5.32 Å². The Bertz CT molecular complexity index is 632. The van der Waals surface area contributed by atoms with Gasteiger partial charge in [-0.3, -0.25) is 0 Å². The van der Waals surface area contributed by atoms with Gasteiger partial charge in [-0.15, -0.1) is 0 Å². The highest BCUT2D eigenvalue weighted by molar-refractivity contribution is 6.30. The molecule has 2 aromatic carbocycles. The Hall–Kier alpha value is -2.02.